The largest absolute Gasteiger partial charge is 0.367 e. The fourth-order valence-corrected chi connectivity index (χ4v) is 3.46. The van der Waals surface area contributed by atoms with Crippen LogP contribution in [-0.4, -0.2) is 75.3 Å². The molecule has 1 N–H and O–H groups in total. The second-order valence-corrected chi connectivity index (χ2v) is 6.84. The van der Waals surface area contributed by atoms with Gasteiger partial charge in [-0.2, -0.15) is 5.10 Å². The number of carbonyl (C=O) groups is 1. The lowest BCUT2D eigenvalue weighted by Crippen LogP contribution is -2.35. The first-order chi connectivity index (χ1) is 12.1. The van der Waals surface area contributed by atoms with Crippen molar-refractivity contribution in [2.24, 2.45) is 7.05 Å². The van der Waals surface area contributed by atoms with E-state index in [2.05, 4.69) is 27.0 Å². The quantitative estimate of drug-likeness (QED) is 0.900. The van der Waals surface area contributed by atoms with Gasteiger partial charge in [-0.05, 0) is 26.0 Å². The van der Waals surface area contributed by atoms with E-state index in [9.17, 15) is 4.79 Å². The monoisotopic (exact) mass is 344 g/mol. The highest BCUT2D eigenvalue weighted by atomic mass is 16.5. The lowest BCUT2D eigenvalue weighted by atomic mass is 10.2. The van der Waals surface area contributed by atoms with Crippen LogP contribution in [-0.2, 0) is 11.8 Å². The number of ether oxygens (including phenoxy) is 1. The first kappa shape index (κ1) is 16.3. The average Bonchev–Trinajstić information content (AvgIpc) is 3.34. The number of aromatic nitrogens is 4. The van der Waals surface area contributed by atoms with E-state index in [-0.39, 0.29) is 12.0 Å². The van der Waals surface area contributed by atoms with Gasteiger partial charge in [0.15, 0.2) is 11.6 Å². The molecule has 8 heteroatoms. The summed E-state index contributed by atoms with van der Waals surface area (Å²) in [6.07, 6.45) is 3.89. The summed E-state index contributed by atoms with van der Waals surface area (Å²) in [4.78, 5) is 24.4. The molecule has 0 aliphatic carbocycles. The number of H-pyrrole nitrogens is 1. The van der Waals surface area contributed by atoms with E-state index in [4.69, 9.17) is 4.74 Å². The number of carbonyl (C=O) groups excluding carboxylic acids is 1. The number of hydrogen-bond donors (Lipinski definition) is 1. The molecule has 0 saturated carbocycles. The third-order valence-corrected chi connectivity index (χ3v) is 4.90. The van der Waals surface area contributed by atoms with Crippen molar-refractivity contribution in [1.82, 2.24) is 29.5 Å². The van der Waals surface area contributed by atoms with Crippen molar-refractivity contribution >= 4 is 5.91 Å². The smallest absolute Gasteiger partial charge is 0.270 e. The van der Waals surface area contributed by atoms with Gasteiger partial charge in [-0.15, -0.1) is 0 Å². The number of likely N-dealkylation sites (N-methyl/N-ethyl adjacent to an activating group) is 1. The number of nitrogens with zero attached hydrogens (tertiary/aromatic N) is 5. The molecule has 1 amide bonds. The van der Waals surface area contributed by atoms with Crippen LogP contribution in [0.4, 0.5) is 0 Å². The molecule has 1 atom stereocenters. The Morgan fingerprint density at radius 2 is 2.08 bits per heavy atom. The van der Waals surface area contributed by atoms with Crippen molar-refractivity contribution in [2.45, 2.75) is 18.9 Å². The number of aromatic amines is 1. The Hall–Kier alpha value is -2.19. The van der Waals surface area contributed by atoms with Crippen LogP contribution in [0.1, 0.15) is 35.3 Å². The van der Waals surface area contributed by atoms with Gasteiger partial charge < -0.3 is 19.5 Å². The SMILES string of the molecule is CN1CCOC(c2nc(-c3c[nH]c(C(=O)N4CCCC4)c3)n(C)n2)C1. The topological polar surface area (TPSA) is 79.3 Å². The molecule has 2 aromatic heterocycles. The van der Waals surface area contributed by atoms with E-state index in [0.29, 0.717) is 18.1 Å². The fraction of sp³-hybridized carbons (Fsp3) is 0.588. The second kappa shape index (κ2) is 6.61. The van der Waals surface area contributed by atoms with Gasteiger partial charge in [0.05, 0.1) is 6.61 Å². The number of hydrogen-bond acceptors (Lipinski definition) is 5. The highest BCUT2D eigenvalue weighted by molar-refractivity contribution is 5.93. The molecule has 4 rings (SSSR count). The van der Waals surface area contributed by atoms with Crippen molar-refractivity contribution in [1.29, 1.82) is 0 Å². The molecule has 2 saturated heterocycles. The van der Waals surface area contributed by atoms with Crippen LogP contribution in [0, 0.1) is 0 Å². The lowest BCUT2D eigenvalue weighted by Gasteiger charge is -2.28. The van der Waals surface area contributed by atoms with Crippen molar-refractivity contribution < 1.29 is 9.53 Å². The molecule has 1 unspecified atom stereocenters. The minimum absolute atomic E-state index is 0.0587. The van der Waals surface area contributed by atoms with Crippen LogP contribution in [0.15, 0.2) is 12.3 Å². The van der Waals surface area contributed by atoms with Crippen molar-refractivity contribution in [3.8, 4) is 11.4 Å². The molecule has 25 heavy (non-hydrogen) atoms. The maximum absolute atomic E-state index is 12.5. The molecule has 8 nitrogen and oxygen atoms in total. The molecular weight excluding hydrogens is 320 g/mol. The molecule has 0 aromatic carbocycles. The number of aryl methyl sites for hydroxylation is 1. The average molecular weight is 344 g/mol. The van der Waals surface area contributed by atoms with E-state index < -0.39 is 0 Å². The molecule has 0 spiro atoms. The third-order valence-electron chi connectivity index (χ3n) is 4.90. The second-order valence-electron chi connectivity index (χ2n) is 6.84. The number of rotatable bonds is 3. The number of likely N-dealkylation sites (tertiary alicyclic amines) is 1. The van der Waals surface area contributed by atoms with Crippen LogP contribution in [0.2, 0.25) is 0 Å². The molecule has 2 fully saturated rings. The molecule has 0 bridgehead atoms. The molecule has 2 aliphatic rings. The Kier molecular flexibility index (Phi) is 4.30. The predicted molar refractivity (Wildman–Crippen MR) is 92.1 cm³/mol. The minimum Gasteiger partial charge on any atom is -0.367 e. The molecule has 2 aliphatic heterocycles. The highest BCUT2D eigenvalue weighted by Crippen LogP contribution is 2.24. The van der Waals surface area contributed by atoms with E-state index in [1.165, 1.54) is 0 Å². The summed E-state index contributed by atoms with van der Waals surface area (Å²) in [6.45, 7) is 4.08. The van der Waals surface area contributed by atoms with Gasteiger partial charge in [-0.1, -0.05) is 0 Å². The van der Waals surface area contributed by atoms with Crippen molar-refractivity contribution in [2.75, 3.05) is 39.8 Å². The number of nitrogens with one attached hydrogen (secondary N) is 1. The summed E-state index contributed by atoms with van der Waals surface area (Å²) >= 11 is 0. The Bertz CT molecular complexity index is 761. The van der Waals surface area contributed by atoms with Gasteiger partial charge in [0, 0.05) is 45.0 Å². The maximum atomic E-state index is 12.5. The van der Waals surface area contributed by atoms with E-state index >= 15 is 0 Å². The number of morpholine rings is 1. The number of amides is 1. The standard InChI is InChI=1S/C17H24N6O2/c1-21-7-8-25-14(11-21)15-19-16(22(2)20-15)12-9-13(18-10-12)17(24)23-5-3-4-6-23/h9-10,14,18H,3-8,11H2,1-2H3. The first-order valence-corrected chi connectivity index (χ1v) is 8.81. The van der Waals surface area contributed by atoms with Gasteiger partial charge in [0.2, 0.25) is 0 Å². The minimum atomic E-state index is -0.108. The Morgan fingerprint density at radius 3 is 2.84 bits per heavy atom. The van der Waals surface area contributed by atoms with Crippen LogP contribution in [0.5, 0.6) is 0 Å². The fourth-order valence-electron chi connectivity index (χ4n) is 3.46. The summed E-state index contributed by atoms with van der Waals surface area (Å²) in [5.74, 6) is 1.49. The summed E-state index contributed by atoms with van der Waals surface area (Å²) < 4.78 is 7.55. The Balaban J connectivity index is 1.55. The summed E-state index contributed by atoms with van der Waals surface area (Å²) in [5, 5.41) is 4.52. The first-order valence-electron chi connectivity index (χ1n) is 8.81. The molecule has 4 heterocycles. The Labute approximate surface area is 146 Å². The lowest BCUT2D eigenvalue weighted by molar-refractivity contribution is -0.0254. The molecular formula is C17H24N6O2. The zero-order valence-electron chi connectivity index (χ0n) is 14.7. The molecule has 134 valence electrons. The maximum Gasteiger partial charge on any atom is 0.270 e. The van der Waals surface area contributed by atoms with Gasteiger partial charge in [0.1, 0.15) is 11.8 Å². The summed E-state index contributed by atoms with van der Waals surface area (Å²) in [6, 6.07) is 1.86. The van der Waals surface area contributed by atoms with Gasteiger partial charge in [-0.3, -0.25) is 4.79 Å². The van der Waals surface area contributed by atoms with Crippen molar-refractivity contribution in [3.05, 3.63) is 23.8 Å². The Morgan fingerprint density at radius 1 is 1.28 bits per heavy atom. The van der Waals surface area contributed by atoms with Crippen LogP contribution < -0.4 is 0 Å². The van der Waals surface area contributed by atoms with Gasteiger partial charge in [-0.25, -0.2) is 9.67 Å². The van der Waals surface area contributed by atoms with E-state index in [1.807, 2.05) is 24.2 Å². The van der Waals surface area contributed by atoms with Crippen LogP contribution in [0.3, 0.4) is 0 Å². The predicted octanol–water partition coefficient (Wildman–Crippen LogP) is 1.05. The normalized spacial score (nSPS) is 21.8. The van der Waals surface area contributed by atoms with Crippen LogP contribution in [0.25, 0.3) is 11.4 Å². The van der Waals surface area contributed by atoms with Crippen molar-refractivity contribution in [3.63, 3.8) is 0 Å². The van der Waals surface area contributed by atoms with Gasteiger partial charge >= 0.3 is 0 Å². The molecule has 0 radical (unpaired) electrons. The summed E-state index contributed by atoms with van der Waals surface area (Å²) in [5.41, 5.74) is 1.48. The van der Waals surface area contributed by atoms with Crippen LogP contribution >= 0.6 is 0 Å². The van der Waals surface area contributed by atoms with Gasteiger partial charge in [0.25, 0.3) is 5.91 Å². The van der Waals surface area contributed by atoms with E-state index in [1.54, 1.807) is 4.68 Å². The van der Waals surface area contributed by atoms with E-state index in [0.717, 1.165) is 50.4 Å². The third kappa shape index (κ3) is 3.19. The zero-order valence-corrected chi connectivity index (χ0v) is 14.7. The zero-order chi connectivity index (χ0) is 17.4. The molecule has 2 aromatic rings. The highest BCUT2D eigenvalue weighted by Gasteiger charge is 2.26. The summed E-state index contributed by atoms with van der Waals surface area (Å²) in [7, 11) is 3.94.